The molecule has 8 heteroatoms. The highest BCUT2D eigenvalue weighted by Crippen LogP contribution is 2.30. The van der Waals surface area contributed by atoms with Gasteiger partial charge < -0.3 is 10.6 Å². The minimum atomic E-state index is -0.133. The van der Waals surface area contributed by atoms with Crippen LogP contribution in [0.5, 0.6) is 0 Å². The van der Waals surface area contributed by atoms with Crippen molar-refractivity contribution in [2.75, 3.05) is 16.4 Å². The number of hydrogen-bond acceptors (Lipinski definition) is 7. The summed E-state index contributed by atoms with van der Waals surface area (Å²) in [7, 11) is 0. The summed E-state index contributed by atoms with van der Waals surface area (Å²) in [5, 5.41) is 14.9. The summed E-state index contributed by atoms with van der Waals surface area (Å²) in [6.45, 7) is 1.45. The molecule has 120 valence electrons. The van der Waals surface area contributed by atoms with Gasteiger partial charge in [0.1, 0.15) is 0 Å². The van der Waals surface area contributed by atoms with Crippen molar-refractivity contribution in [2.45, 2.75) is 30.1 Å². The Balaban J connectivity index is 1.51. The lowest BCUT2D eigenvalue weighted by atomic mass is 10.1. The van der Waals surface area contributed by atoms with E-state index in [9.17, 15) is 9.59 Å². The number of benzene rings is 1. The third kappa shape index (κ3) is 4.77. The molecule has 1 aliphatic rings. The molecule has 0 aliphatic heterocycles. The van der Waals surface area contributed by atoms with Gasteiger partial charge >= 0.3 is 0 Å². The van der Waals surface area contributed by atoms with Crippen molar-refractivity contribution in [3.8, 4) is 0 Å². The van der Waals surface area contributed by atoms with Crippen LogP contribution in [-0.4, -0.2) is 33.7 Å². The van der Waals surface area contributed by atoms with E-state index < -0.39 is 0 Å². The van der Waals surface area contributed by atoms with Crippen molar-refractivity contribution in [1.29, 1.82) is 0 Å². The first-order chi connectivity index (χ1) is 11.1. The predicted octanol–water partition coefficient (Wildman–Crippen LogP) is 3.05. The van der Waals surface area contributed by atoms with Gasteiger partial charge in [-0.2, -0.15) is 0 Å². The lowest BCUT2D eigenvalue weighted by molar-refractivity contribution is -0.114. The van der Waals surface area contributed by atoms with Crippen molar-refractivity contribution >= 4 is 45.6 Å². The first-order valence-electron chi connectivity index (χ1n) is 7.24. The second kappa shape index (κ2) is 7.10. The highest BCUT2D eigenvalue weighted by atomic mass is 32.2. The molecule has 1 saturated carbocycles. The molecule has 1 heterocycles. The van der Waals surface area contributed by atoms with E-state index in [1.807, 2.05) is 0 Å². The van der Waals surface area contributed by atoms with Crippen LogP contribution in [0.1, 0.15) is 30.1 Å². The van der Waals surface area contributed by atoms with Crippen LogP contribution >= 0.6 is 23.1 Å². The van der Waals surface area contributed by atoms with Crippen LogP contribution in [0, 0.1) is 0 Å². The monoisotopic (exact) mass is 348 g/mol. The Labute approximate surface area is 142 Å². The Bertz CT molecular complexity index is 711. The van der Waals surface area contributed by atoms with E-state index in [4.69, 9.17) is 0 Å². The van der Waals surface area contributed by atoms with E-state index in [2.05, 4.69) is 20.8 Å². The van der Waals surface area contributed by atoms with Gasteiger partial charge in [-0.05, 0) is 37.1 Å². The third-order valence-corrected chi connectivity index (χ3v) is 5.15. The number of nitrogens with one attached hydrogen (secondary N) is 2. The van der Waals surface area contributed by atoms with E-state index >= 15 is 0 Å². The Morgan fingerprint density at radius 2 is 2.00 bits per heavy atom. The Morgan fingerprint density at radius 3 is 2.65 bits per heavy atom. The molecule has 1 aromatic carbocycles. The third-order valence-electron chi connectivity index (χ3n) is 3.17. The molecular weight excluding hydrogens is 332 g/mol. The summed E-state index contributed by atoms with van der Waals surface area (Å²) in [4.78, 5) is 23.1. The minimum absolute atomic E-state index is 0.0243. The van der Waals surface area contributed by atoms with E-state index in [1.54, 1.807) is 24.3 Å². The highest BCUT2D eigenvalue weighted by Gasteiger charge is 2.22. The van der Waals surface area contributed by atoms with Crippen molar-refractivity contribution in [3.63, 3.8) is 0 Å². The normalized spacial score (nSPS) is 13.6. The van der Waals surface area contributed by atoms with Crippen molar-refractivity contribution in [1.82, 2.24) is 10.2 Å². The lowest BCUT2D eigenvalue weighted by Crippen LogP contribution is -2.06. The number of amides is 1. The number of rotatable bonds is 7. The number of carbonyl (C=O) groups is 2. The summed E-state index contributed by atoms with van der Waals surface area (Å²) >= 11 is 2.87. The van der Waals surface area contributed by atoms with Gasteiger partial charge in [0.2, 0.25) is 11.0 Å². The van der Waals surface area contributed by atoms with Crippen molar-refractivity contribution in [3.05, 3.63) is 29.8 Å². The van der Waals surface area contributed by atoms with E-state index in [0.29, 0.717) is 23.0 Å². The molecule has 2 aromatic rings. The predicted molar refractivity (Wildman–Crippen MR) is 92.4 cm³/mol. The SMILES string of the molecule is CC(=O)Nc1ccc(C(=O)CSc2nnc(NC3CC3)s2)cc1. The van der Waals surface area contributed by atoms with Gasteiger partial charge in [0.05, 0.1) is 5.75 Å². The Hall–Kier alpha value is -1.93. The lowest BCUT2D eigenvalue weighted by Gasteiger charge is -2.03. The zero-order valence-electron chi connectivity index (χ0n) is 12.5. The number of thioether (sulfide) groups is 1. The maximum Gasteiger partial charge on any atom is 0.221 e. The molecule has 1 aromatic heterocycles. The molecule has 23 heavy (non-hydrogen) atoms. The van der Waals surface area contributed by atoms with Gasteiger partial charge in [-0.3, -0.25) is 9.59 Å². The number of aromatic nitrogens is 2. The number of Topliss-reactive ketones (excluding diaryl/α,β-unsaturated/α-hetero) is 1. The molecule has 0 atom stereocenters. The fourth-order valence-electron chi connectivity index (χ4n) is 1.88. The molecule has 1 fully saturated rings. The van der Waals surface area contributed by atoms with Gasteiger partial charge in [0.25, 0.3) is 0 Å². The number of ketones is 1. The summed E-state index contributed by atoms with van der Waals surface area (Å²) in [5.41, 5.74) is 1.30. The molecular formula is C15H16N4O2S2. The molecule has 2 N–H and O–H groups in total. The first kappa shape index (κ1) is 15.9. The maximum absolute atomic E-state index is 12.2. The number of hydrogen-bond donors (Lipinski definition) is 2. The van der Waals surface area contributed by atoms with Crippen LogP contribution in [-0.2, 0) is 4.79 Å². The minimum Gasteiger partial charge on any atom is -0.357 e. The van der Waals surface area contributed by atoms with E-state index in [-0.39, 0.29) is 11.7 Å². The zero-order chi connectivity index (χ0) is 16.2. The van der Waals surface area contributed by atoms with Crippen molar-refractivity contribution in [2.24, 2.45) is 0 Å². The molecule has 0 spiro atoms. The van der Waals surface area contributed by atoms with Crippen LogP contribution < -0.4 is 10.6 Å². The number of nitrogens with zero attached hydrogens (tertiary/aromatic N) is 2. The van der Waals surface area contributed by atoms with Gasteiger partial charge in [0, 0.05) is 24.2 Å². The van der Waals surface area contributed by atoms with Gasteiger partial charge in [-0.1, -0.05) is 23.1 Å². The first-order valence-corrected chi connectivity index (χ1v) is 9.04. The average Bonchev–Trinajstić information content (AvgIpc) is 3.22. The molecule has 0 unspecified atom stereocenters. The fraction of sp³-hybridized carbons (Fsp3) is 0.333. The molecule has 0 radical (unpaired) electrons. The van der Waals surface area contributed by atoms with Gasteiger partial charge in [-0.25, -0.2) is 0 Å². The maximum atomic E-state index is 12.2. The summed E-state index contributed by atoms with van der Waals surface area (Å²) < 4.78 is 0.788. The van der Waals surface area contributed by atoms with Crippen LogP contribution in [0.25, 0.3) is 0 Å². The Morgan fingerprint density at radius 1 is 1.26 bits per heavy atom. The number of anilines is 2. The summed E-state index contributed by atoms with van der Waals surface area (Å²) in [5.74, 6) is 0.208. The van der Waals surface area contributed by atoms with Crippen LogP contribution in [0.15, 0.2) is 28.6 Å². The molecule has 1 amide bonds. The van der Waals surface area contributed by atoms with Crippen LogP contribution in [0.2, 0.25) is 0 Å². The molecule has 6 nitrogen and oxygen atoms in total. The van der Waals surface area contributed by atoms with Gasteiger partial charge in [-0.15, -0.1) is 10.2 Å². The summed E-state index contributed by atoms with van der Waals surface area (Å²) in [6, 6.07) is 7.43. The van der Waals surface area contributed by atoms with E-state index in [1.165, 1.54) is 42.9 Å². The second-order valence-electron chi connectivity index (χ2n) is 5.26. The van der Waals surface area contributed by atoms with E-state index in [0.717, 1.165) is 9.47 Å². The molecule has 1 aliphatic carbocycles. The second-order valence-corrected chi connectivity index (χ2v) is 7.46. The smallest absolute Gasteiger partial charge is 0.221 e. The molecule has 0 saturated heterocycles. The number of carbonyl (C=O) groups excluding carboxylic acids is 2. The van der Waals surface area contributed by atoms with Crippen LogP contribution in [0.3, 0.4) is 0 Å². The Kier molecular flexibility index (Phi) is 4.92. The highest BCUT2D eigenvalue weighted by molar-refractivity contribution is 8.01. The molecule has 0 bridgehead atoms. The molecule has 3 rings (SSSR count). The van der Waals surface area contributed by atoms with Crippen molar-refractivity contribution < 1.29 is 9.59 Å². The zero-order valence-corrected chi connectivity index (χ0v) is 14.2. The summed E-state index contributed by atoms with van der Waals surface area (Å²) in [6.07, 6.45) is 2.38. The largest absolute Gasteiger partial charge is 0.357 e. The fourth-order valence-corrected chi connectivity index (χ4v) is 3.61. The topological polar surface area (TPSA) is 84.0 Å². The average molecular weight is 348 g/mol. The standard InChI is InChI=1S/C15H16N4O2S2/c1-9(20)16-11-4-2-10(3-5-11)13(21)8-22-15-19-18-14(23-15)17-12-6-7-12/h2-5,12H,6-8H2,1H3,(H,16,20)(H,17,18). The quantitative estimate of drug-likeness (QED) is 0.591. The van der Waals surface area contributed by atoms with Gasteiger partial charge in [0.15, 0.2) is 10.1 Å². The van der Waals surface area contributed by atoms with Crippen LogP contribution in [0.4, 0.5) is 10.8 Å².